The van der Waals surface area contributed by atoms with Gasteiger partial charge >= 0.3 is 0 Å². The predicted molar refractivity (Wildman–Crippen MR) is 116 cm³/mol. The van der Waals surface area contributed by atoms with Crippen molar-refractivity contribution in [3.8, 4) is 11.3 Å². The van der Waals surface area contributed by atoms with E-state index in [0.29, 0.717) is 17.6 Å². The minimum absolute atomic E-state index is 0.0512. The van der Waals surface area contributed by atoms with E-state index in [1.807, 2.05) is 10.3 Å². The molecule has 0 bridgehead atoms. The van der Waals surface area contributed by atoms with Crippen LogP contribution in [0, 0.1) is 26.7 Å². The highest BCUT2D eigenvalue weighted by atomic mass is 32.1. The van der Waals surface area contributed by atoms with Crippen molar-refractivity contribution in [2.75, 3.05) is 38.0 Å². The topological polar surface area (TPSA) is 65.5 Å². The Hall–Kier alpha value is -2.25. The molecule has 7 heteroatoms. The number of benzene rings is 1. The molecular weight excluding hydrogens is 384 g/mol. The Labute approximate surface area is 175 Å². The van der Waals surface area contributed by atoms with Crippen molar-refractivity contribution in [1.29, 1.82) is 0 Å². The number of anilines is 1. The van der Waals surface area contributed by atoms with E-state index in [2.05, 4.69) is 48.1 Å². The van der Waals surface area contributed by atoms with Crippen molar-refractivity contribution in [3.05, 3.63) is 34.2 Å². The first-order valence-corrected chi connectivity index (χ1v) is 11.1. The monoisotopic (exact) mass is 412 g/mol. The summed E-state index contributed by atoms with van der Waals surface area (Å²) in [5.41, 5.74) is 5.71. The molecule has 1 saturated heterocycles. The van der Waals surface area contributed by atoms with Crippen LogP contribution in [-0.4, -0.2) is 59.3 Å². The molecule has 0 atom stereocenters. The second kappa shape index (κ2) is 8.24. The molecule has 2 aromatic rings. The number of hydrogen-bond acceptors (Lipinski definition) is 5. The molecule has 154 valence electrons. The third kappa shape index (κ3) is 4.67. The number of aryl methyl sites for hydroxylation is 3. The summed E-state index contributed by atoms with van der Waals surface area (Å²) in [6, 6.07) is 4.34. The summed E-state index contributed by atoms with van der Waals surface area (Å²) in [4.78, 5) is 33.3. The number of carbonyl (C=O) groups is 2. The fourth-order valence-electron chi connectivity index (χ4n) is 3.77. The van der Waals surface area contributed by atoms with Crippen LogP contribution in [-0.2, 0) is 9.59 Å². The molecule has 0 unspecified atom stereocenters. The first-order chi connectivity index (χ1) is 13.9. The SMILES string of the molecule is Cc1cc(C)c(-c2csc(NC(=O)CN3CCN(C(=O)C4CC4)CC3)n2)cc1C. The van der Waals surface area contributed by atoms with Crippen LogP contribution in [0.25, 0.3) is 11.3 Å². The Balaban J connectivity index is 1.31. The van der Waals surface area contributed by atoms with Crippen molar-refractivity contribution >= 4 is 28.3 Å². The van der Waals surface area contributed by atoms with Crippen LogP contribution in [0.4, 0.5) is 5.13 Å². The summed E-state index contributed by atoms with van der Waals surface area (Å²) in [5.74, 6) is 0.514. The number of rotatable bonds is 5. The van der Waals surface area contributed by atoms with Gasteiger partial charge in [0.1, 0.15) is 0 Å². The summed E-state index contributed by atoms with van der Waals surface area (Å²) in [6.07, 6.45) is 2.08. The van der Waals surface area contributed by atoms with Gasteiger partial charge in [0, 0.05) is 43.0 Å². The maximum absolute atomic E-state index is 12.5. The minimum Gasteiger partial charge on any atom is -0.340 e. The van der Waals surface area contributed by atoms with Crippen molar-refractivity contribution < 1.29 is 9.59 Å². The van der Waals surface area contributed by atoms with E-state index >= 15 is 0 Å². The fourth-order valence-corrected chi connectivity index (χ4v) is 4.49. The van der Waals surface area contributed by atoms with Gasteiger partial charge in [-0.2, -0.15) is 0 Å². The van der Waals surface area contributed by atoms with Crippen LogP contribution >= 0.6 is 11.3 Å². The van der Waals surface area contributed by atoms with Crippen molar-refractivity contribution in [1.82, 2.24) is 14.8 Å². The van der Waals surface area contributed by atoms with Crippen molar-refractivity contribution in [3.63, 3.8) is 0 Å². The molecule has 0 spiro atoms. The number of aromatic nitrogens is 1. The Kier molecular flexibility index (Phi) is 5.69. The van der Waals surface area contributed by atoms with E-state index in [-0.39, 0.29) is 11.8 Å². The average Bonchev–Trinajstić information content (AvgIpc) is 3.44. The molecule has 2 fully saturated rings. The van der Waals surface area contributed by atoms with E-state index in [9.17, 15) is 9.59 Å². The summed E-state index contributed by atoms with van der Waals surface area (Å²) < 4.78 is 0. The molecule has 1 N–H and O–H groups in total. The summed E-state index contributed by atoms with van der Waals surface area (Å²) in [6.45, 7) is 9.57. The third-order valence-corrected chi connectivity index (χ3v) is 6.60. The highest BCUT2D eigenvalue weighted by Gasteiger charge is 2.34. The number of thiazole rings is 1. The molecule has 0 radical (unpaired) electrons. The summed E-state index contributed by atoms with van der Waals surface area (Å²) >= 11 is 1.45. The van der Waals surface area contributed by atoms with Crippen LogP contribution in [0.2, 0.25) is 0 Å². The zero-order valence-corrected chi connectivity index (χ0v) is 18.1. The van der Waals surface area contributed by atoms with Crippen LogP contribution in [0.5, 0.6) is 0 Å². The van der Waals surface area contributed by atoms with Crippen LogP contribution < -0.4 is 5.32 Å². The minimum atomic E-state index is -0.0512. The molecule has 1 saturated carbocycles. The van der Waals surface area contributed by atoms with Crippen molar-refractivity contribution in [2.24, 2.45) is 5.92 Å². The maximum Gasteiger partial charge on any atom is 0.240 e. The third-order valence-electron chi connectivity index (χ3n) is 5.84. The summed E-state index contributed by atoms with van der Waals surface area (Å²) in [7, 11) is 0. The summed E-state index contributed by atoms with van der Waals surface area (Å²) in [5, 5.41) is 5.56. The largest absolute Gasteiger partial charge is 0.340 e. The molecule has 1 aromatic carbocycles. The van der Waals surface area contributed by atoms with Gasteiger partial charge in [0.2, 0.25) is 11.8 Å². The van der Waals surface area contributed by atoms with E-state index in [4.69, 9.17) is 0 Å². The fraction of sp³-hybridized carbons (Fsp3) is 0.500. The Morgan fingerprint density at radius 2 is 1.76 bits per heavy atom. The van der Waals surface area contributed by atoms with Crippen LogP contribution in [0.1, 0.15) is 29.5 Å². The lowest BCUT2D eigenvalue weighted by Crippen LogP contribution is -2.50. The Morgan fingerprint density at radius 1 is 1.07 bits per heavy atom. The number of hydrogen-bond donors (Lipinski definition) is 1. The quantitative estimate of drug-likeness (QED) is 0.819. The number of nitrogens with zero attached hydrogens (tertiary/aromatic N) is 3. The second-order valence-electron chi connectivity index (χ2n) is 8.21. The number of piperazine rings is 1. The van der Waals surface area contributed by atoms with Gasteiger partial charge < -0.3 is 10.2 Å². The first kappa shape index (κ1) is 20.0. The molecule has 1 aliphatic heterocycles. The van der Waals surface area contributed by atoms with Gasteiger partial charge in [-0.25, -0.2) is 4.98 Å². The molecule has 6 nitrogen and oxygen atoms in total. The van der Waals surface area contributed by atoms with Gasteiger partial charge in [-0.1, -0.05) is 6.07 Å². The molecule has 2 heterocycles. The molecule has 2 aliphatic rings. The molecule has 1 aromatic heterocycles. The van der Waals surface area contributed by atoms with E-state index in [0.717, 1.165) is 50.3 Å². The lowest BCUT2D eigenvalue weighted by molar-refractivity contribution is -0.134. The van der Waals surface area contributed by atoms with E-state index < -0.39 is 0 Å². The first-order valence-electron chi connectivity index (χ1n) is 10.3. The molecule has 2 amide bonds. The lowest BCUT2D eigenvalue weighted by Gasteiger charge is -2.34. The van der Waals surface area contributed by atoms with E-state index in [1.165, 1.54) is 28.0 Å². The highest BCUT2D eigenvalue weighted by molar-refractivity contribution is 7.14. The average molecular weight is 413 g/mol. The highest BCUT2D eigenvalue weighted by Crippen LogP contribution is 2.31. The van der Waals surface area contributed by atoms with Gasteiger partial charge in [0.15, 0.2) is 5.13 Å². The van der Waals surface area contributed by atoms with Gasteiger partial charge in [0.05, 0.1) is 12.2 Å². The van der Waals surface area contributed by atoms with Crippen LogP contribution in [0.3, 0.4) is 0 Å². The van der Waals surface area contributed by atoms with Gasteiger partial charge in [-0.15, -0.1) is 11.3 Å². The molecule has 4 rings (SSSR count). The van der Waals surface area contributed by atoms with Gasteiger partial charge in [-0.3, -0.25) is 14.5 Å². The lowest BCUT2D eigenvalue weighted by atomic mass is 9.99. The number of amides is 2. The van der Waals surface area contributed by atoms with E-state index in [1.54, 1.807) is 0 Å². The second-order valence-corrected chi connectivity index (χ2v) is 9.07. The Bertz CT molecular complexity index is 927. The zero-order chi connectivity index (χ0) is 20.5. The number of nitrogens with one attached hydrogen (secondary N) is 1. The van der Waals surface area contributed by atoms with Crippen LogP contribution in [0.15, 0.2) is 17.5 Å². The molecular formula is C22H28N4O2S. The number of carbonyl (C=O) groups excluding carboxylic acids is 2. The Morgan fingerprint density at radius 3 is 2.45 bits per heavy atom. The van der Waals surface area contributed by atoms with Gasteiger partial charge in [0.25, 0.3) is 0 Å². The normalized spacial score (nSPS) is 17.4. The molecule has 29 heavy (non-hydrogen) atoms. The van der Waals surface area contributed by atoms with Crippen molar-refractivity contribution in [2.45, 2.75) is 33.6 Å². The molecule has 1 aliphatic carbocycles. The van der Waals surface area contributed by atoms with Gasteiger partial charge in [-0.05, 0) is 56.4 Å². The predicted octanol–water partition coefficient (Wildman–Crippen LogP) is 3.23. The standard InChI is InChI=1S/C22H28N4O2S/c1-14-10-16(3)18(11-15(14)2)19-13-29-22(23-19)24-20(27)12-25-6-8-26(9-7-25)21(28)17-4-5-17/h10-11,13,17H,4-9,12H2,1-3H3,(H,23,24,27). The zero-order valence-electron chi connectivity index (χ0n) is 17.3. The maximum atomic E-state index is 12.5. The smallest absolute Gasteiger partial charge is 0.240 e.